The van der Waals surface area contributed by atoms with E-state index >= 15 is 0 Å². The highest BCUT2D eigenvalue weighted by Crippen LogP contribution is 2.43. The summed E-state index contributed by atoms with van der Waals surface area (Å²) < 4.78 is 5.45. The first-order chi connectivity index (χ1) is 13.0. The molecule has 0 atom stereocenters. The number of aromatic nitrogens is 1. The van der Waals surface area contributed by atoms with Gasteiger partial charge in [0.05, 0.1) is 16.9 Å². The predicted molar refractivity (Wildman–Crippen MR) is 113 cm³/mol. The monoisotopic (exact) mass is 379 g/mol. The van der Waals surface area contributed by atoms with Gasteiger partial charge in [-0.15, -0.1) is 11.3 Å². The Hall–Kier alpha value is -2.37. The lowest BCUT2D eigenvalue weighted by molar-refractivity contribution is 0.358. The van der Waals surface area contributed by atoms with E-state index in [2.05, 4.69) is 70.0 Å². The highest BCUT2D eigenvalue weighted by atomic mass is 32.1. The molecule has 0 fully saturated rings. The smallest absolute Gasteiger partial charge is 0.141 e. The molecule has 1 aromatic carbocycles. The maximum atomic E-state index is 5.45. The first-order valence-corrected chi connectivity index (χ1v) is 10.2. The summed E-state index contributed by atoms with van der Waals surface area (Å²) in [7, 11) is 2.17. The lowest BCUT2D eigenvalue weighted by Gasteiger charge is -2.32. The van der Waals surface area contributed by atoms with Gasteiger partial charge in [0.2, 0.25) is 0 Å². The van der Waals surface area contributed by atoms with Gasteiger partial charge in [-0.25, -0.2) is 0 Å². The number of hydrogen-bond donors (Lipinski definition) is 0. The number of anilines is 2. The number of likely N-dealkylation sites (N-methyl/N-ethyl adjacent to an activating group) is 1. The first kappa shape index (κ1) is 18.0. The van der Waals surface area contributed by atoms with Gasteiger partial charge in [-0.3, -0.25) is 0 Å². The number of thiophene rings is 1. The van der Waals surface area contributed by atoms with Crippen LogP contribution in [0.15, 0.2) is 51.3 Å². The molecule has 0 N–H and O–H groups in total. The largest absolute Gasteiger partial charge is 0.361 e. The molecule has 140 valence electrons. The van der Waals surface area contributed by atoms with Crippen molar-refractivity contribution in [2.45, 2.75) is 27.2 Å². The Kier molecular flexibility index (Phi) is 4.89. The zero-order valence-electron chi connectivity index (χ0n) is 16.3. The lowest BCUT2D eigenvalue weighted by Crippen LogP contribution is -2.29. The molecule has 0 spiro atoms. The summed E-state index contributed by atoms with van der Waals surface area (Å²) in [6.07, 6.45) is 3.37. The zero-order valence-corrected chi connectivity index (χ0v) is 17.1. The van der Waals surface area contributed by atoms with Gasteiger partial charge in [-0.1, -0.05) is 28.9 Å². The summed E-state index contributed by atoms with van der Waals surface area (Å²) in [6, 6.07) is 8.78. The fraction of sp³-hybridized carbons (Fsp3) is 0.318. The Labute approximate surface area is 164 Å². The molecule has 3 aromatic rings. The molecular weight excluding hydrogens is 354 g/mol. The van der Waals surface area contributed by atoms with Crippen LogP contribution in [-0.2, 0) is 0 Å². The van der Waals surface area contributed by atoms with Crippen molar-refractivity contribution in [1.82, 2.24) is 10.1 Å². The van der Waals surface area contributed by atoms with Crippen molar-refractivity contribution in [3.63, 3.8) is 0 Å². The van der Waals surface area contributed by atoms with Crippen molar-refractivity contribution >= 4 is 22.7 Å². The van der Waals surface area contributed by atoms with Crippen LogP contribution in [0.4, 0.5) is 11.4 Å². The van der Waals surface area contributed by atoms with E-state index in [0.29, 0.717) is 0 Å². The van der Waals surface area contributed by atoms with E-state index in [1.54, 1.807) is 11.3 Å². The SMILES string of the molecule is Cc1ccc(N(C2=CCN(C)CC2)c2cscc2-c2c(C)noc2C)cc1. The molecule has 0 bridgehead atoms. The molecule has 0 saturated heterocycles. The van der Waals surface area contributed by atoms with Crippen LogP contribution in [-0.4, -0.2) is 30.2 Å². The number of aryl methyl sites for hydroxylation is 3. The standard InChI is InChI=1S/C22H25N3OS/c1-15-5-7-18(8-6-15)25(19-9-11-24(4)12-10-19)21-14-27-13-20(21)22-16(2)23-26-17(22)3/h5-9,13-14H,10-12H2,1-4H3. The van der Waals surface area contributed by atoms with E-state index in [9.17, 15) is 0 Å². The van der Waals surface area contributed by atoms with Crippen LogP contribution in [0.2, 0.25) is 0 Å². The fourth-order valence-electron chi connectivity index (χ4n) is 3.63. The van der Waals surface area contributed by atoms with Crippen molar-refractivity contribution in [1.29, 1.82) is 0 Å². The van der Waals surface area contributed by atoms with Gasteiger partial charge in [0.1, 0.15) is 5.76 Å². The van der Waals surface area contributed by atoms with E-state index in [0.717, 1.165) is 36.5 Å². The molecule has 1 aliphatic rings. The quantitative estimate of drug-likeness (QED) is 0.583. The van der Waals surface area contributed by atoms with Crippen LogP contribution in [0, 0.1) is 20.8 Å². The highest BCUT2D eigenvalue weighted by molar-refractivity contribution is 7.08. The van der Waals surface area contributed by atoms with Crippen molar-refractivity contribution < 1.29 is 4.52 Å². The molecule has 5 heteroatoms. The van der Waals surface area contributed by atoms with Crippen molar-refractivity contribution in [2.75, 3.05) is 25.0 Å². The second-order valence-corrected chi connectivity index (χ2v) is 7.99. The van der Waals surface area contributed by atoms with Crippen molar-refractivity contribution in [3.8, 4) is 11.1 Å². The first-order valence-electron chi connectivity index (χ1n) is 9.28. The maximum Gasteiger partial charge on any atom is 0.141 e. The van der Waals surface area contributed by atoms with Gasteiger partial charge in [0.25, 0.3) is 0 Å². The third-order valence-corrected chi connectivity index (χ3v) is 5.88. The Morgan fingerprint density at radius 3 is 2.52 bits per heavy atom. The molecule has 4 rings (SSSR count). The van der Waals surface area contributed by atoms with E-state index in [4.69, 9.17) is 4.52 Å². The van der Waals surface area contributed by atoms with E-state index in [-0.39, 0.29) is 0 Å². The highest BCUT2D eigenvalue weighted by Gasteiger charge is 2.24. The van der Waals surface area contributed by atoms with Crippen LogP contribution < -0.4 is 4.90 Å². The molecule has 4 nitrogen and oxygen atoms in total. The summed E-state index contributed by atoms with van der Waals surface area (Å²) in [5.41, 5.74) is 8.26. The summed E-state index contributed by atoms with van der Waals surface area (Å²) in [6.45, 7) is 8.17. The van der Waals surface area contributed by atoms with E-state index < -0.39 is 0 Å². The van der Waals surface area contributed by atoms with Gasteiger partial charge in [0, 0.05) is 47.2 Å². The normalized spacial score (nSPS) is 15.0. The van der Waals surface area contributed by atoms with Crippen molar-refractivity contribution in [2.24, 2.45) is 0 Å². The summed E-state index contributed by atoms with van der Waals surface area (Å²) in [5.74, 6) is 0.869. The minimum absolute atomic E-state index is 0.869. The summed E-state index contributed by atoms with van der Waals surface area (Å²) in [4.78, 5) is 4.75. The minimum Gasteiger partial charge on any atom is -0.361 e. The Morgan fingerprint density at radius 1 is 1.11 bits per heavy atom. The molecule has 27 heavy (non-hydrogen) atoms. The Morgan fingerprint density at radius 2 is 1.89 bits per heavy atom. The zero-order chi connectivity index (χ0) is 19.0. The third-order valence-electron chi connectivity index (χ3n) is 5.15. The van der Waals surface area contributed by atoms with E-state index in [1.165, 1.54) is 28.2 Å². The topological polar surface area (TPSA) is 32.5 Å². The van der Waals surface area contributed by atoms with Crippen LogP contribution in [0.3, 0.4) is 0 Å². The molecule has 1 aliphatic heterocycles. The van der Waals surface area contributed by atoms with Crippen LogP contribution >= 0.6 is 11.3 Å². The second kappa shape index (κ2) is 7.33. The Balaban J connectivity index is 1.86. The van der Waals surface area contributed by atoms with E-state index in [1.807, 2.05) is 13.8 Å². The van der Waals surface area contributed by atoms with Crippen molar-refractivity contribution in [3.05, 3.63) is 63.8 Å². The third kappa shape index (κ3) is 3.45. The number of hydrogen-bond acceptors (Lipinski definition) is 5. The molecule has 3 heterocycles. The molecular formula is C22H25N3OS. The van der Waals surface area contributed by atoms with Crippen LogP contribution in [0.1, 0.15) is 23.4 Å². The summed E-state index contributed by atoms with van der Waals surface area (Å²) >= 11 is 1.72. The van der Waals surface area contributed by atoms with Gasteiger partial charge in [-0.05, 0) is 40.0 Å². The summed E-state index contributed by atoms with van der Waals surface area (Å²) in [5, 5.41) is 8.61. The molecule has 0 unspecified atom stereocenters. The number of nitrogens with zero attached hydrogens (tertiary/aromatic N) is 3. The molecule has 0 aliphatic carbocycles. The lowest BCUT2D eigenvalue weighted by atomic mass is 10.0. The molecule has 0 amide bonds. The maximum absolute atomic E-state index is 5.45. The molecule has 0 radical (unpaired) electrons. The predicted octanol–water partition coefficient (Wildman–Crippen LogP) is 5.69. The number of benzene rings is 1. The van der Waals surface area contributed by atoms with Gasteiger partial charge < -0.3 is 14.3 Å². The average molecular weight is 380 g/mol. The molecule has 0 saturated carbocycles. The van der Waals surface area contributed by atoms with Gasteiger partial charge in [0.15, 0.2) is 0 Å². The Bertz CT molecular complexity index is 948. The average Bonchev–Trinajstić information content (AvgIpc) is 3.25. The molecule has 2 aromatic heterocycles. The fourth-order valence-corrected chi connectivity index (χ4v) is 4.44. The van der Waals surface area contributed by atoms with Crippen LogP contribution in [0.25, 0.3) is 11.1 Å². The second-order valence-electron chi connectivity index (χ2n) is 7.25. The van der Waals surface area contributed by atoms with Gasteiger partial charge in [-0.2, -0.15) is 0 Å². The number of rotatable bonds is 4. The minimum atomic E-state index is 0.869. The van der Waals surface area contributed by atoms with Crippen LogP contribution in [0.5, 0.6) is 0 Å². The van der Waals surface area contributed by atoms with Gasteiger partial charge >= 0.3 is 0 Å².